The molecule has 3 heteroatoms. The standard InChI is InChI=1S/C11H15NO2/c1-8-7-10-4-2-3-9(5-6-13-12)11(10)14-8/h2-4,8H,5-7,12H2,1H3. The predicted molar refractivity (Wildman–Crippen MR) is 54.1 cm³/mol. The summed E-state index contributed by atoms with van der Waals surface area (Å²) in [5.41, 5.74) is 2.49. The molecule has 0 amide bonds. The molecule has 0 fully saturated rings. The first kappa shape index (κ1) is 9.49. The molecule has 0 radical (unpaired) electrons. The third-order valence-electron chi connectivity index (χ3n) is 2.49. The van der Waals surface area contributed by atoms with Gasteiger partial charge < -0.3 is 9.57 Å². The fourth-order valence-corrected chi connectivity index (χ4v) is 1.87. The van der Waals surface area contributed by atoms with E-state index in [1.807, 2.05) is 0 Å². The first-order valence-corrected chi connectivity index (χ1v) is 4.90. The van der Waals surface area contributed by atoms with E-state index >= 15 is 0 Å². The SMILES string of the molecule is CC1Cc2cccc(CCON)c2O1. The average Bonchev–Trinajstić information content (AvgIpc) is 2.55. The largest absolute Gasteiger partial charge is 0.490 e. The number of rotatable bonds is 3. The Morgan fingerprint density at radius 1 is 1.57 bits per heavy atom. The Balaban J connectivity index is 2.21. The Bertz CT molecular complexity index is 325. The summed E-state index contributed by atoms with van der Waals surface area (Å²) in [5.74, 6) is 6.05. The molecule has 2 rings (SSSR count). The maximum Gasteiger partial charge on any atom is 0.126 e. The van der Waals surface area contributed by atoms with Crippen LogP contribution in [-0.4, -0.2) is 12.7 Å². The first-order chi connectivity index (χ1) is 6.81. The lowest BCUT2D eigenvalue weighted by Gasteiger charge is -2.08. The smallest absolute Gasteiger partial charge is 0.126 e. The molecule has 0 aromatic heterocycles. The third kappa shape index (κ3) is 1.74. The lowest BCUT2D eigenvalue weighted by atomic mass is 10.1. The van der Waals surface area contributed by atoms with Gasteiger partial charge in [0, 0.05) is 12.8 Å². The highest BCUT2D eigenvalue weighted by Gasteiger charge is 2.21. The van der Waals surface area contributed by atoms with Gasteiger partial charge in [0.15, 0.2) is 0 Å². The molecule has 1 heterocycles. The molecule has 1 aromatic rings. The summed E-state index contributed by atoms with van der Waals surface area (Å²) in [6, 6.07) is 6.24. The van der Waals surface area contributed by atoms with Crippen LogP contribution in [0.15, 0.2) is 18.2 Å². The van der Waals surface area contributed by atoms with Gasteiger partial charge in [0.2, 0.25) is 0 Å². The Morgan fingerprint density at radius 3 is 3.21 bits per heavy atom. The van der Waals surface area contributed by atoms with Crippen molar-refractivity contribution in [1.82, 2.24) is 0 Å². The van der Waals surface area contributed by atoms with Crippen LogP contribution >= 0.6 is 0 Å². The number of para-hydroxylation sites is 1. The number of hydrogen-bond acceptors (Lipinski definition) is 3. The minimum Gasteiger partial charge on any atom is -0.490 e. The van der Waals surface area contributed by atoms with Gasteiger partial charge in [-0.1, -0.05) is 18.2 Å². The van der Waals surface area contributed by atoms with Gasteiger partial charge in [0.25, 0.3) is 0 Å². The maximum atomic E-state index is 5.74. The Morgan fingerprint density at radius 2 is 2.43 bits per heavy atom. The van der Waals surface area contributed by atoms with Crippen molar-refractivity contribution in [3.63, 3.8) is 0 Å². The third-order valence-corrected chi connectivity index (χ3v) is 2.49. The molecule has 0 saturated carbocycles. The first-order valence-electron chi connectivity index (χ1n) is 4.90. The van der Waals surface area contributed by atoms with Crippen LogP contribution in [-0.2, 0) is 17.7 Å². The van der Waals surface area contributed by atoms with Crippen LogP contribution in [0.5, 0.6) is 5.75 Å². The maximum absolute atomic E-state index is 5.74. The van der Waals surface area contributed by atoms with E-state index in [9.17, 15) is 0 Å². The van der Waals surface area contributed by atoms with Gasteiger partial charge >= 0.3 is 0 Å². The molecule has 1 aromatic carbocycles. The topological polar surface area (TPSA) is 44.5 Å². The number of nitrogens with two attached hydrogens (primary N) is 1. The minimum atomic E-state index is 0.296. The molecule has 1 atom stereocenters. The second-order valence-corrected chi connectivity index (χ2v) is 3.66. The van der Waals surface area contributed by atoms with E-state index < -0.39 is 0 Å². The Kier molecular flexibility index (Phi) is 2.70. The van der Waals surface area contributed by atoms with Crippen molar-refractivity contribution in [2.24, 2.45) is 5.90 Å². The zero-order chi connectivity index (χ0) is 9.97. The van der Waals surface area contributed by atoms with Crippen molar-refractivity contribution in [3.8, 4) is 5.75 Å². The fraction of sp³-hybridized carbons (Fsp3) is 0.455. The quantitative estimate of drug-likeness (QED) is 0.739. The number of fused-ring (bicyclic) bond motifs is 1. The molecule has 0 aliphatic carbocycles. The average molecular weight is 193 g/mol. The van der Waals surface area contributed by atoms with E-state index in [2.05, 4.69) is 30.0 Å². The van der Waals surface area contributed by atoms with Gasteiger partial charge in [-0.05, 0) is 18.1 Å². The van der Waals surface area contributed by atoms with Crippen LogP contribution in [0.4, 0.5) is 0 Å². The highest BCUT2D eigenvalue weighted by atomic mass is 16.6. The summed E-state index contributed by atoms with van der Waals surface area (Å²) in [6.07, 6.45) is 2.11. The second kappa shape index (κ2) is 3.98. The molecule has 1 aliphatic heterocycles. The van der Waals surface area contributed by atoms with Gasteiger partial charge in [-0.25, -0.2) is 5.90 Å². The lowest BCUT2D eigenvalue weighted by Crippen LogP contribution is -2.07. The molecule has 2 N–H and O–H groups in total. The number of benzene rings is 1. The highest BCUT2D eigenvalue weighted by Crippen LogP contribution is 2.32. The van der Waals surface area contributed by atoms with Crippen LogP contribution in [0, 0.1) is 0 Å². The zero-order valence-corrected chi connectivity index (χ0v) is 8.32. The van der Waals surface area contributed by atoms with Crippen LogP contribution in [0.1, 0.15) is 18.1 Å². The zero-order valence-electron chi connectivity index (χ0n) is 8.32. The molecule has 0 spiro atoms. The molecular formula is C11H15NO2. The van der Waals surface area contributed by atoms with Gasteiger partial charge in [0.05, 0.1) is 6.61 Å². The van der Waals surface area contributed by atoms with Crippen molar-refractivity contribution >= 4 is 0 Å². The van der Waals surface area contributed by atoms with Crippen LogP contribution in [0.25, 0.3) is 0 Å². The van der Waals surface area contributed by atoms with Crippen molar-refractivity contribution in [2.75, 3.05) is 6.61 Å². The monoisotopic (exact) mass is 193 g/mol. The summed E-state index contributed by atoms with van der Waals surface area (Å²) in [6.45, 7) is 2.62. The second-order valence-electron chi connectivity index (χ2n) is 3.66. The minimum absolute atomic E-state index is 0.296. The Hall–Kier alpha value is -1.06. The summed E-state index contributed by atoms with van der Waals surface area (Å²) >= 11 is 0. The lowest BCUT2D eigenvalue weighted by molar-refractivity contribution is 0.140. The van der Waals surface area contributed by atoms with Crippen molar-refractivity contribution in [1.29, 1.82) is 0 Å². The van der Waals surface area contributed by atoms with Gasteiger partial charge in [0.1, 0.15) is 11.9 Å². The summed E-state index contributed by atoms with van der Waals surface area (Å²) in [7, 11) is 0. The number of ether oxygens (including phenoxy) is 1. The summed E-state index contributed by atoms with van der Waals surface area (Å²) in [5, 5.41) is 0. The number of hydrogen-bond donors (Lipinski definition) is 1. The summed E-state index contributed by atoms with van der Waals surface area (Å²) < 4.78 is 5.74. The predicted octanol–water partition coefficient (Wildman–Crippen LogP) is 1.44. The van der Waals surface area contributed by atoms with Gasteiger partial charge in [-0.2, -0.15) is 0 Å². The van der Waals surface area contributed by atoms with Gasteiger partial charge in [-0.15, -0.1) is 0 Å². The van der Waals surface area contributed by atoms with Crippen LogP contribution in [0.3, 0.4) is 0 Å². The molecular weight excluding hydrogens is 178 g/mol. The van der Waals surface area contributed by atoms with Crippen LogP contribution < -0.4 is 10.6 Å². The molecule has 14 heavy (non-hydrogen) atoms. The van der Waals surface area contributed by atoms with E-state index in [0.717, 1.165) is 18.6 Å². The molecule has 1 unspecified atom stereocenters. The normalized spacial score (nSPS) is 19.1. The van der Waals surface area contributed by atoms with E-state index in [1.165, 1.54) is 11.1 Å². The molecule has 3 nitrogen and oxygen atoms in total. The van der Waals surface area contributed by atoms with Crippen molar-refractivity contribution in [2.45, 2.75) is 25.9 Å². The summed E-state index contributed by atoms with van der Waals surface area (Å²) in [4.78, 5) is 4.58. The van der Waals surface area contributed by atoms with E-state index in [-0.39, 0.29) is 0 Å². The van der Waals surface area contributed by atoms with E-state index in [0.29, 0.717) is 12.7 Å². The Labute approximate surface area is 83.8 Å². The molecule has 0 bridgehead atoms. The molecule has 1 aliphatic rings. The molecule has 76 valence electrons. The van der Waals surface area contributed by atoms with Crippen molar-refractivity contribution < 1.29 is 9.57 Å². The fourth-order valence-electron chi connectivity index (χ4n) is 1.87. The van der Waals surface area contributed by atoms with Crippen molar-refractivity contribution in [3.05, 3.63) is 29.3 Å². The van der Waals surface area contributed by atoms with E-state index in [4.69, 9.17) is 10.6 Å². The van der Waals surface area contributed by atoms with Gasteiger partial charge in [-0.3, -0.25) is 0 Å². The highest BCUT2D eigenvalue weighted by molar-refractivity contribution is 5.44. The van der Waals surface area contributed by atoms with Crippen LogP contribution in [0.2, 0.25) is 0 Å². The molecule has 0 saturated heterocycles. The van der Waals surface area contributed by atoms with E-state index in [1.54, 1.807) is 0 Å².